The molecule has 0 aromatic carbocycles. The number of nitrogens with zero attached hydrogens (tertiary/aromatic N) is 3. The van der Waals surface area contributed by atoms with Crippen LogP contribution in [-0.4, -0.2) is 54.5 Å². The molecule has 7 heteroatoms. The fourth-order valence-electron chi connectivity index (χ4n) is 2.61. The average molecular weight is 352 g/mol. The van der Waals surface area contributed by atoms with E-state index in [1.807, 2.05) is 17.9 Å². The van der Waals surface area contributed by atoms with E-state index in [1.54, 1.807) is 12.3 Å². The van der Waals surface area contributed by atoms with Gasteiger partial charge in [0.05, 0.1) is 0 Å². The van der Waals surface area contributed by atoms with Crippen LogP contribution in [0.1, 0.15) is 31.7 Å². The van der Waals surface area contributed by atoms with E-state index in [0.29, 0.717) is 18.1 Å². The minimum absolute atomic E-state index is 0.278. The molecular formula is C17H26ClN5O. The first kappa shape index (κ1) is 18.5. The van der Waals surface area contributed by atoms with E-state index < -0.39 is 0 Å². The predicted molar refractivity (Wildman–Crippen MR) is 97.4 cm³/mol. The van der Waals surface area contributed by atoms with Crippen molar-refractivity contribution in [2.75, 3.05) is 32.7 Å². The number of aromatic nitrogens is 1. The average Bonchev–Trinajstić information content (AvgIpc) is 2.98. The SMILES string of the molecule is CCNC(=NCCCN1CCCC1=O)NCCc1ccc(Cl)nc1. The van der Waals surface area contributed by atoms with Crippen molar-refractivity contribution in [3.63, 3.8) is 0 Å². The molecule has 0 saturated carbocycles. The number of pyridine rings is 1. The van der Waals surface area contributed by atoms with Crippen LogP contribution in [0.3, 0.4) is 0 Å². The van der Waals surface area contributed by atoms with Gasteiger partial charge in [-0.05, 0) is 37.8 Å². The van der Waals surface area contributed by atoms with Crippen molar-refractivity contribution in [3.8, 4) is 0 Å². The summed E-state index contributed by atoms with van der Waals surface area (Å²) in [5.74, 6) is 1.09. The number of hydrogen-bond acceptors (Lipinski definition) is 3. The lowest BCUT2D eigenvalue weighted by Crippen LogP contribution is -2.38. The first-order chi connectivity index (χ1) is 11.7. The lowest BCUT2D eigenvalue weighted by atomic mass is 10.2. The number of amides is 1. The van der Waals surface area contributed by atoms with Crippen molar-refractivity contribution in [1.82, 2.24) is 20.5 Å². The van der Waals surface area contributed by atoms with Gasteiger partial charge >= 0.3 is 0 Å². The summed E-state index contributed by atoms with van der Waals surface area (Å²) in [5, 5.41) is 7.07. The number of rotatable bonds is 8. The molecule has 0 radical (unpaired) electrons. The number of aliphatic imine (C=N–C) groups is 1. The fourth-order valence-corrected chi connectivity index (χ4v) is 2.73. The van der Waals surface area contributed by atoms with Crippen LogP contribution in [0.4, 0.5) is 0 Å². The van der Waals surface area contributed by atoms with Crippen molar-refractivity contribution in [2.24, 2.45) is 4.99 Å². The molecule has 2 heterocycles. The highest BCUT2D eigenvalue weighted by molar-refractivity contribution is 6.29. The van der Waals surface area contributed by atoms with Gasteiger partial charge in [0.25, 0.3) is 0 Å². The van der Waals surface area contributed by atoms with Crippen molar-refractivity contribution in [2.45, 2.75) is 32.6 Å². The molecule has 2 rings (SSSR count). The Bertz CT molecular complexity index is 546. The lowest BCUT2D eigenvalue weighted by molar-refractivity contribution is -0.127. The van der Waals surface area contributed by atoms with Gasteiger partial charge in [-0.2, -0.15) is 0 Å². The van der Waals surface area contributed by atoms with Gasteiger partial charge in [-0.25, -0.2) is 4.98 Å². The third-order valence-corrected chi connectivity index (χ3v) is 4.09. The van der Waals surface area contributed by atoms with E-state index in [-0.39, 0.29) is 5.91 Å². The normalized spacial score (nSPS) is 15.0. The van der Waals surface area contributed by atoms with E-state index in [4.69, 9.17) is 11.6 Å². The highest BCUT2D eigenvalue weighted by Gasteiger charge is 2.18. The summed E-state index contributed by atoms with van der Waals surface area (Å²) >= 11 is 5.78. The van der Waals surface area contributed by atoms with Crippen LogP contribution in [0.15, 0.2) is 23.3 Å². The molecule has 1 aromatic rings. The minimum atomic E-state index is 0.278. The van der Waals surface area contributed by atoms with Gasteiger partial charge in [0.15, 0.2) is 5.96 Å². The Kier molecular flexibility index (Phi) is 7.82. The molecule has 1 aliphatic rings. The zero-order valence-electron chi connectivity index (χ0n) is 14.2. The summed E-state index contributed by atoms with van der Waals surface area (Å²) in [6, 6.07) is 3.78. The molecular weight excluding hydrogens is 326 g/mol. The van der Waals surface area contributed by atoms with Crippen LogP contribution in [0.2, 0.25) is 5.15 Å². The van der Waals surface area contributed by atoms with Gasteiger partial charge in [-0.3, -0.25) is 9.79 Å². The molecule has 1 amide bonds. The van der Waals surface area contributed by atoms with E-state index in [9.17, 15) is 4.79 Å². The molecule has 1 aromatic heterocycles. The second kappa shape index (κ2) is 10.1. The van der Waals surface area contributed by atoms with E-state index in [1.165, 1.54) is 0 Å². The van der Waals surface area contributed by atoms with Crippen LogP contribution in [0.5, 0.6) is 0 Å². The number of carbonyl (C=O) groups is 1. The maximum absolute atomic E-state index is 11.6. The van der Waals surface area contributed by atoms with Gasteiger partial charge in [0.1, 0.15) is 5.15 Å². The van der Waals surface area contributed by atoms with Gasteiger partial charge in [-0.1, -0.05) is 17.7 Å². The minimum Gasteiger partial charge on any atom is -0.357 e. The van der Waals surface area contributed by atoms with Gasteiger partial charge in [-0.15, -0.1) is 0 Å². The number of likely N-dealkylation sites (tertiary alicyclic amines) is 1. The number of hydrogen-bond donors (Lipinski definition) is 2. The summed E-state index contributed by atoms with van der Waals surface area (Å²) in [7, 11) is 0. The summed E-state index contributed by atoms with van der Waals surface area (Å²) < 4.78 is 0. The maximum Gasteiger partial charge on any atom is 0.222 e. The second-order valence-electron chi connectivity index (χ2n) is 5.76. The fraction of sp³-hybridized carbons (Fsp3) is 0.588. The molecule has 6 nitrogen and oxygen atoms in total. The van der Waals surface area contributed by atoms with Crippen molar-refractivity contribution >= 4 is 23.5 Å². The second-order valence-corrected chi connectivity index (χ2v) is 6.15. The summed E-state index contributed by atoms with van der Waals surface area (Å²) in [6.45, 7) is 6.05. The topological polar surface area (TPSA) is 69.6 Å². The highest BCUT2D eigenvalue weighted by atomic mass is 35.5. The Balaban J connectivity index is 1.69. The Morgan fingerprint density at radius 3 is 2.96 bits per heavy atom. The Labute approximate surface area is 148 Å². The largest absolute Gasteiger partial charge is 0.357 e. The van der Waals surface area contributed by atoms with Crippen molar-refractivity contribution in [1.29, 1.82) is 0 Å². The Morgan fingerprint density at radius 1 is 1.42 bits per heavy atom. The van der Waals surface area contributed by atoms with Crippen molar-refractivity contribution in [3.05, 3.63) is 29.0 Å². The summed E-state index contributed by atoms with van der Waals surface area (Å²) in [4.78, 5) is 22.1. The molecule has 0 bridgehead atoms. The van der Waals surface area contributed by atoms with Crippen LogP contribution in [-0.2, 0) is 11.2 Å². The number of carbonyl (C=O) groups excluding carboxylic acids is 1. The molecule has 1 saturated heterocycles. The van der Waals surface area contributed by atoms with Gasteiger partial charge < -0.3 is 15.5 Å². The first-order valence-electron chi connectivity index (χ1n) is 8.59. The van der Waals surface area contributed by atoms with Gasteiger partial charge in [0, 0.05) is 45.3 Å². The lowest BCUT2D eigenvalue weighted by Gasteiger charge is -2.15. The Morgan fingerprint density at radius 2 is 2.29 bits per heavy atom. The molecule has 0 spiro atoms. The van der Waals surface area contributed by atoms with Crippen LogP contribution >= 0.6 is 11.6 Å². The zero-order valence-corrected chi connectivity index (χ0v) is 15.0. The van der Waals surface area contributed by atoms with E-state index >= 15 is 0 Å². The standard InChI is InChI=1S/C17H26ClN5O/c1-2-19-17(20-9-4-12-23-11-3-5-16(23)24)21-10-8-14-6-7-15(18)22-13-14/h6-7,13H,2-5,8-12H2,1H3,(H2,19,20,21). The van der Waals surface area contributed by atoms with Crippen LogP contribution < -0.4 is 10.6 Å². The molecule has 0 aliphatic carbocycles. The smallest absolute Gasteiger partial charge is 0.222 e. The zero-order chi connectivity index (χ0) is 17.2. The Hall–Kier alpha value is -1.82. The molecule has 24 heavy (non-hydrogen) atoms. The number of nitrogens with one attached hydrogen (secondary N) is 2. The molecule has 0 atom stereocenters. The highest BCUT2D eigenvalue weighted by Crippen LogP contribution is 2.09. The summed E-state index contributed by atoms with van der Waals surface area (Å²) in [5.41, 5.74) is 1.13. The molecule has 1 fully saturated rings. The van der Waals surface area contributed by atoms with E-state index in [2.05, 4.69) is 20.6 Å². The predicted octanol–water partition coefficient (Wildman–Crippen LogP) is 1.85. The molecule has 2 N–H and O–H groups in total. The third-order valence-electron chi connectivity index (χ3n) is 3.87. The van der Waals surface area contributed by atoms with Gasteiger partial charge in [0.2, 0.25) is 5.91 Å². The monoisotopic (exact) mass is 351 g/mol. The number of halogens is 1. The quantitative estimate of drug-likeness (QED) is 0.324. The number of guanidine groups is 1. The van der Waals surface area contributed by atoms with Crippen LogP contribution in [0.25, 0.3) is 0 Å². The van der Waals surface area contributed by atoms with E-state index in [0.717, 1.165) is 57.0 Å². The maximum atomic E-state index is 11.6. The molecule has 132 valence electrons. The first-order valence-corrected chi connectivity index (χ1v) is 8.97. The molecule has 1 aliphatic heterocycles. The summed E-state index contributed by atoms with van der Waals surface area (Å²) in [6.07, 6.45) is 5.24. The third kappa shape index (κ3) is 6.35. The van der Waals surface area contributed by atoms with Crippen LogP contribution in [0, 0.1) is 0 Å². The van der Waals surface area contributed by atoms with Crippen molar-refractivity contribution < 1.29 is 4.79 Å². The molecule has 0 unspecified atom stereocenters.